The SMILES string of the molecule is CC(=O)O[C@@](C#N)(C(=O)OC(C)(C)C)c1ccccc1. The number of nitriles is 1. The summed E-state index contributed by atoms with van der Waals surface area (Å²) in [5.41, 5.74) is -2.62. The minimum absolute atomic E-state index is 0.256. The minimum Gasteiger partial charge on any atom is -0.456 e. The Bertz CT molecular complexity index is 539. The Hall–Kier alpha value is -2.35. The maximum Gasteiger partial charge on any atom is 0.371 e. The number of hydrogen-bond acceptors (Lipinski definition) is 5. The van der Waals surface area contributed by atoms with Gasteiger partial charge in [-0.1, -0.05) is 30.3 Å². The van der Waals surface area contributed by atoms with Gasteiger partial charge in [-0.2, -0.15) is 5.26 Å². The lowest BCUT2D eigenvalue weighted by molar-refractivity contribution is -0.184. The van der Waals surface area contributed by atoms with Gasteiger partial charge in [0.1, 0.15) is 11.7 Å². The summed E-state index contributed by atoms with van der Waals surface area (Å²) >= 11 is 0. The molecule has 0 saturated carbocycles. The van der Waals surface area contributed by atoms with Crippen molar-refractivity contribution < 1.29 is 19.1 Å². The van der Waals surface area contributed by atoms with Gasteiger partial charge in [-0.15, -0.1) is 0 Å². The molecule has 0 amide bonds. The van der Waals surface area contributed by atoms with E-state index in [9.17, 15) is 14.9 Å². The molecule has 1 rings (SSSR count). The number of rotatable bonds is 3. The molecular formula is C15H17NO4. The van der Waals surface area contributed by atoms with Crippen molar-refractivity contribution in [1.82, 2.24) is 0 Å². The number of esters is 2. The predicted octanol–water partition coefficient (Wildman–Crippen LogP) is 2.31. The van der Waals surface area contributed by atoms with Crippen LogP contribution in [0, 0.1) is 11.3 Å². The third-order valence-corrected chi connectivity index (χ3v) is 2.32. The number of carbonyl (C=O) groups is 2. The Labute approximate surface area is 118 Å². The molecule has 0 saturated heterocycles. The second-order valence-corrected chi connectivity index (χ2v) is 5.25. The molecule has 0 bridgehead atoms. The summed E-state index contributed by atoms with van der Waals surface area (Å²) in [5, 5.41) is 9.42. The summed E-state index contributed by atoms with van der Waals surface area (Å²) in [7, 11) is 0. The summed E-state index contributed by atoms with van der Waals surface area (Å²) in [6.45, 7) is 6.16. The summed E-state index contributed by atoms with van der Waals surface area (Å²) in [4.78, 5) is 23.6. The molecule has 0 aliphatic heterocycles. The summed E-state index contributed by atoms with van der Waals surface area (Å²) in [6.07, 6.45) is 0. The lowest BCUT2D eigenvalue weighted by Crippen LogP contribution is -2.43. The van der Waals surface area contributed by atoms with Crippen molar-refractivity contribution in [3.63, 3.8) is 0 Å². The molecule has 1 atom stereocenters. The highest BCUT2D eigenvalue weighted by atomic mass is 16.6. The smallest absolute Gasteiger partial charge is 0.371 e. The zero-order valence-corrected chi connectivity index (χ0v) is 12.0. The van der Waals surface area contributed by atoms with Crippen molar-refractivity contribution in [3.8, 4) is 6.07 Å². The monoisotopic (exact) mass is 275 g/mol. The Kier molecular flexibility index (Phi) is 4.51. The van der Waals surface area contributed by atoms with Crippen LogP contribution in [0.5, 0.6) is 0 Å². The maximum absolute atomic E-state index is 12.3. The van der Waals surface area contributed by atoms with E-state index in [1.165, 1.54) is 12.1 Å². The molecule has 5 heteroatoms. The third-order valence-electron chi connectivity index (χ3n) is 2.32. The van der Waals surface area contributed by atoms with Crippen LogP contribution in [-0.2, 0) is 24.7 Å². The van der Waals surface area contributed by atoms with E-state index < -0.39 is 23.1 Å². The largest absolute Gasteiger partial charge is 0.456 e. The van der Waals surface area contributed by atoms with Crippen LogP contribution in [-0.4, -0.2) is 17.5 Å². The van der Waals surface area contributed by atoms with E-state index in [1.54, 1.807) is 45.0 Å². The number of nitrogens with zero attached hydrogens (tertiary/aromatic N) is 1. The molecule has 0 heterocycles. The molecule has 1 aromatic rings. The minimum atomic E-state index is -2.08. The number of ether oxygens (including phenoxy) is 2. The zero-order chi connectivity index (χ0) is 15.4. The van der Waals surface area contributed by atoms with Gasteiger partial charge in [0.15, 0.2) is 0 Å². The first kappa shape index (κ1) is 15.7. The van der Waals surface area contributed by atoms with Gasteiger partial charge in [-0.25, -0.2) is 4.79 Å². The zero-order valence-electron chi connectivity index (χ0n) is 12.0. The highest BCUT2D eigenvalue weighted by Crippen LogP contribution is 2.29. The fraction of sp³-hybridized carbons (Fsp3) is 0.400. The van der Waals surface area contributed by atoms with Gasteiger partial charge in [0.2, 0.25) is 0 Å². The molecule has 0 spiro atoms. The second kappa shape index (κ2) is 5.74. The first-order chi connectivity index (χ1) is 9.21. The number of benzene rings is 1. The Morgan fingerprint density at radius 1 is 1.10 bits per heavy atom. The topological polar surface area (TPSA) is 76.4 Å². The van der Waals surface area contributed by atoms with Crippen LogP contribution in [0.2, 0.25) is 0 Å². The highest BCUT2D eigenvalue weighted by molar-refractivity contribution is 5.88. The van der Waals surface area contributed by atoms with E-state index >= 15 is 0 Å². The van der Waals surface area contributed by atoms with Gasteiger partial charge in [0.05, 0.1) is 0 Å². The van der Waals surface area contributed by atoms with Crippen LogP contribution >= 0.6 is 0 Å². The molecule has 1 aromatic carbocycles. The molecular weight excluding hydrogens is 258 g/mol. The van der Waals surface area contributed by atoms with Crippen molar-refractivity contribution in [2.75, 3.05) is 0 Å². The van der Waals surface area contributed by atoms with Gasteiger partial charge in [0, 0.05) is 12.5 Å². The Morgan fingerprint density at radius 3 is 2.05 bits per heavy atom. The number of carbonyl (C=O) groups excluding carboxylic acids is 2. The van der Waals surface area contributed by atoms with Crippen molar-refractivity contribution in [1.29, 1.82) is 5.26 Å². The standard InChI is InChI=1S/C15H17NO4/c1-11(17)19-15(10-16,12-8-6-5-7-9-12)13(18)20-14(2,3)4/h5-9H,1-4H3/t15-/m1/s1. The van der Waals surface area contributed by atoms with Crippen molar-refractivity contribution in [3.05, 3.63) is 35.9 Å². The number of hydrogen-bond donors (Lipinski definition) is 0. The Morgan fingerprint density at radius 2 is 1.65 bits per heavy atom. The van der Waals surface area contributed by atoms with Crippen LogP contribution < -0.4 is 0 Å². The lowest BCUT2D eigenvalue weighted by Gasteiger charge is -2.28. The van der Waals surface area contributed by atoms with Crippen LogP contribution in [0.25, 0.3) is 0 Å². The first-order valence-corrected chi connectivity index (χ1v) is 6.11. The summed E-state index contributed by atoms with van der Waals surface area (Å²) in [6, 6.07) is 9.87. The molecule has 0 aliphatic carbocycles. The predicted molar refractivity (Wildman–Crippen MR) is 71.3 cm³/mol. The molecule has 0 N–H and O–H groups in total. The average Bonchev–Trinajstić information content (AvgIpc) is 2.34. The average molecular weight is 275 g/mol. The van der Waals surface area contributed by atoms with E-state index in [1.807, 2.05) is 0 Å². The quantitative estimate of drug-likeness (QED) is 0.791. The van der Waals surface area contributed by atoms with Crippen LogP contribution in [0.3, 0.4) is 0 Å². The van der Waals surface area contributed by atoms with Gasteiger partial charge >= 0.3 is 17.5 Å². The maximum atomic E-state index is 12.3. The van der Waals surface area contributed by atoms with Gasteiger partial charge in [-0.05, 0) is 20.8 Å². The first-order valence-electron chi connectivity index (χ1n) is 6.11. The molecule has 0 aromatic heterocycles. The highest BCUT2D eigenvalue weighted by Gasteiger charge is 2.47. The summed E-state index contributed by atoms with van der Waals surface area (Å²) in [5.74, 6) is -1.64. The fourth-order valence-electron chi connectivity index (χ4n) is 1.59. The van der Waals surface area contributed by atoms with Crippen molar-refractivity contribution >= 4 is 11.9 Å². The van der Waals surface area contributed by atoms with E-state index in [-0.39, 0.29) is 5.56 Å². The van der Waals surface area contributed by atoms with Gasteiger partial charge in [-0.3, -0.25) is 4.79 Å². The van der Waals surface area contributed by atoms with Gasteiger partial charge in [0.25, 0.3) is 0 Å². The third kappa shape index (κ3) is 3.58. The van der Waals surface area contributed by atoms with Crippen molar-refractivity contribution in [2.45, 2.75) is 38.9 Å². The normalized spacial score (nSPS) is 13.8. The fourth-order valence-corrected chi connectivity index (χ4v) is 1.59. The van der Waals surface area contributed by atoms with E-state index in [0.29, 0.717) is 0 Å². The van der Waals surface area contributed by atoms with E-state index in [2.05, 4.69) is 0 Å². The molecule has 0 aliphatic rings. The van der Waals surface area contributed by atoms with Crippen molar-refractivity contribution in [2.24, 2.45) is 0 Å². The van der Waals surface area contributed by atoms with Gasteiger partial charge < -0.3 is 9.47 Å². The lowest BCUT2D eigenvalue weighted by atomic mass is 9.94. The summed E-state index contributed by atoms with van der Waals surface area (Å²) < 4.78 is 10.2. The molecule has 5 nitrogen and oxygen atoms in total. The van der Waals surface area contributed by atoms with Crippen LogP contribution in [0.4, 0.5) is 0 Å². The molecule has 0 fully saturated rings. The van der Waals surface area contributed by atoms with E-state index in [4.69, 9.17) is 9.47 Å². The Balaban J connectivity index is 3.31. The molecule has 20 heavy (non-hydrogen) atoms. The second-order valence-electron chi connectivity index (χ2n) is 5.25. The van der Waals surface area contributed by atoms with Crippen LogP contribution in [0.15, 0.2) is 30.3 Å². The molecule has 106 valence electrons. The molecule has 0 radical (unpaired) electrons. The molecule has 0 unspecified atom stereocenters. The van der Waals surface area contributed by atoms with E-state index in [0.717, 1.165) is 6.92 Å². The van der Waals surface area contributed by atoms with Crippen LogP contribution in [0.1, 0.15) is 33.3 Å².